The summed E-state index contributed by atoms with van der Waals surface area (Å²) in [5.74, 6) is -0.763. The third-order valence-corrected chi connectivity index (χ3v) is 1.82. The third kappa shape index (κ3) is 3.56. The van der Waals surface area contributed by atoms with Crippen molar-refractivity contribution in [3.8, 4) is 0 Å². The first kappa shape index (κ1) is 14.0. The molecule has 0 saturated heterocycles. The summed E-state index contributed by atoms with van der Waals surface area (Å²) in [6, 6.07) is 0. The molecule has 88 valence electrons. The molecule has 0 aliphatic rings. The van der Waals surface area contributed by atoms with Crippen molar-refractivity contribution >= 4 is 12.2 Å². The molecule has 0 aliphatic heterocycles. The topological polar surface area (TPSA) is 127 Å². The van der Waals surface area contributed by atoms with Crippen LogP contribution in [0.25, 0.3) is 0 Å². The average molecular weight is 221 g/mol. The van der Waals surface area contributed by atoms with Gasteiger partial charge in [-0.2, -0.15) is 0 Å². The van der Waals surface area contributed by atoms with Gasteiger partial charge in [0.2, 0.25) is 11.6 Å². The smallest absolute Gasteiger partial charge is 0.224 e. The van der Waals surface area contributed by atoms with E-state index in [-0.39, 0.29) is 6.29 Å². The van der Waals surface area contributed by atoms with Crippen molar-refractivity contribution in [2.75, 3.05) is 0 Å². The van der Waals surface area contributed by atoms with Crippen LogP contribution in [0.2, 0.25) is 0 Å². The summed E-state index contributed by atoms with van der Waals surface area (Å²) >= 11 is 0. The maximum atomic E-state index is 10.6. The van der Waals surface area contributed by atoms with E-state index in [1.54, 1.807) is 5.32 Å². The van der Waals surface area contributed by atoms with Crippen LogP contribution in [0.15, 0.2) is 0 Å². The number of hydrogen-bond acceptors (Lipinski definition) is 6. The fourth-order valence-electron chi connectivity index (χ4n) is 0.979. The lowest BCUT2D eigenvalue weighted by molar-refractivity contribution is -0.172. The van der Waals surface area contributed by atoms with Crippen LogP contribution in [-0.2, 0) is 9.59 Å². The van der Waals surface area contributed by atoms with E-state index in [2.05, 4.69) is 0 Å². The maximum absolute atomic E-state index is 10.6. The molecule has 0 unspecified atom stereocenters. The SMILES string of the molecule is CC(=O)N[C@](O)(C=O)[C@@H](O)[C@@H](O)[C@@H](C)O. The monoisotopic (exact) mass is 221 g/mol. The van der Waals surface area contributed by atoms with E-state index in [1.807, 2.05) is 0 Å². The predicted molar refractivity (Wildman–Crippen MR) is 48.5 cm³/mol. The first-order chi connectivity index (χ1) is 6.74. The van der Waals surface area contributed by atoms with E-state index in [0.717, 1.165) is 13.8 Å². The first-order valence-corrected chi connectivity index (χ1v) is 4.26. The van der Waals surface area contributed by atoms with Gasteiger partial charge in [-0.15, -0.1) is 0 Å². The number of aliphatic hydroxyl groups excluding tert-OH is 3. The van der Waals surface area contributed by atoms with E-state index in [4.69, 9.17) is 5.11 Å². The molecule has 0 heterocycles. The van der Waals surface area contributed by atoms with Crippen molar-refractivity contribution in [3.05, 3.63) is 0 Å². The van der Waals surface area contributed by atoms with Gasteiger partial charge in [-0.05, 0) is 6.92 Å². The molecule has 0 spiro atoms. The second kappa shape index (κ2) is 5.17. The van der Waals surface area contributed by atoms with Crippen LogP contribution in [0.5, 0.6) is 0 Å². The largest absolute Gasteiger partial charge is 0.391 e. The Labute approximate surface area is 86.3 Å². The van der Waals surface area contributed by atoms with Crippen LogP contribution >= 0.6 is 0 Å². The summed E-state index contributed by atoms with van der Waals surface area (Å²) in [5, 5.41) is 38.7. The second-order valence-electron chi connectivity index (χ2n) is 3.30. The molecule has 0 radical (unpaired) electrons. The summed E-state index contributed by atoms with van der Waals surface area (Å²) < 4.78 is 0. The van der Waals surface area contributed by atoms with Gasteiger partial charge in [-0.3, -0.25) is 9.59 Å². The maximum Gasteiger partial charge on any atom is 0.224 e. The average Bonchev–Trinajstić information content (AvgIpc) is 2.14. The Kier molecular flexibility index (Phi) is 4.82. The zero-order chi connectivity index (χ0) is 12.2. The van der Waals surface area contributed by atoms with Crippen molar-refractivity contribution < 1.29 is 30.0 Å². The van der Waals surface area contributed by atoms with E-state index in [9.17, 15) is 24.9 Å². The molecule has 0 fully saturated rings. The molecule has 4 atom stereocenters. The minimum absolute atomic E-state index is 0.120. The molecule has 5 N–H and O–H groups in total. The van der Waals surface area contributed by atoms with Crippen LogP contribution in [0.4, 0.5) is 0 Å². The number of aliphatic hydroxyl groups is 4. The zero-order valence-corrected chi connectivity index (χ0v) is 8.41. The Balaban J connectivity index is 4.78. The highest BCUT2D eigenvalue weighted by Gasteiger charge is 2.42. The van der Waals surface area contributed by atoms with Crippen LogP contribution in [-0.4, -0.2) is 56.7 Å². The number of nitrogens with one attached hydrogen (secondary N) is 1. The van der Waals surface area contributed by atoms with Crippen LogP contribution < -0.4 is 5.32 Å². The van der Waals surface area contributed by atoms with E-state index in [1.165, 1.54) is 0 Å². The number of carbonyl (C=O) groups is 2. The lowest BCUT2D eigenvalue weighted by Crippen LogP contribution is -2.62. The lowest BCUT2D eigenvalue weighted by atomic mass is 9.99. The Morgan fingerprint density at radius 1 is 1.40 bits per heavy atom. The number of amides is 1. The summed E-state index contributed by atoms with van der Waals surface area (Å²) in [6.07, 6.45) is -5.25. The van der Waals surface area contributed by atoms with E-state index < -0.39 is 29.9 Å². The summed E-state index contributed by atoms with van der Waals surface area (Å²) in [5.41, 5.74) is -2.61. The van der Waals surface area contributed by atoms with Gasteiger partial charge in [-0.25, -0.2) is 0 Å². The molecule has 15 heavy (non-hydrogen) atoms. The first-order valence-electron chi connectivity index (χ1n) is 4.26. The van der Waals surface area contributed by atoms with Crippen LogP contribution in [0.3, 0.4) is 0 Å². The third-order valence-electron chi connectivity index (χ3n) is 1.82. The molecular weight excluding hydrogens is 206 g/mol. The number of hydrogen-bond donors (Lipinski definition) is 5. The number of carbonyl (C=O) groups excluding carboxylic acids is 2. The Morgan fingerprint density at radius 3 is 2.13 bits per heavy atom. The highest BCUT2D eigenvalue weighted by atomic mass is 16.4. The molecule has 0 aromatic heterocycles. The standard InChI is InChI=1S/C8H15NO6/c1-4(11)6(13)7(14)8(15,3-10)9-5(2)12/h3-4,6-7,11,13-15H,1-2H3,(H,9,12)/t4-,6+,7+,8+/m1/s1. The van der Waals surface area contributed by atoms with E-state index >= 15 is 0 Å². The summed E-state index contributed by atoms with van der Waals surface area (Å²) in [6.45, 7) is 2.18. The Bertz CT molecular complexity index is 243. The van der Waals surface area contributed by atoms with Gasteiger partial charge in [0.15, 0.2) is 6.29 Å². The molecular formula is C8H15NO6. The molecule has 0 bridgehead atoms. The summed E-state index contributed by atoms with van der Waals surface area (Å²) in [7, 11) is 0. The van der Waals surface area contributed by atoms with Gasteiger partial charge in [0.05, 0.1) is 6.10 Å². The van der Waals surface area contributed by atoms with Gasteiger partial charge < -0.3 is 25.7 Å². The minimum atomic E-state index is -2.61. The fraction of sp³-hybridized carbons (Fsp3) is 0.750. The highest BCUT2D eigenvalue weighted by Crippen LogP contribution is 2.11. The highest BCUT2D eigenvalue weighted by molar-refractivity contribution is 5.79. The lowest BCUT2D eigenvalue weighted by Gasteiger charge is -2.32. The van der Waals surface area contributed by atoms with Crippen molar-refractivity contribution in [1.82, 2.24) is 5.32 Å². The van der Waals surface area contributed by atoms with Crippen molar-refractivity contribution in [3.63, 3.8) is 0 Å². The molecule has 0 aliphatic carbocycles. The van der Waals surface area contributed by atoms with Crippen molar-refractivity contribution in [2.24, 2.45) is 0 Å². The molecule has 0 aromatic rings. The predicted octanol–water partition coefficient (Wildman–Crippen LogP) is -2.89. The normalized spacial score (nSPS) is 20.9. The van der Waals surface area contributed by atoms with Gasteiger partial charge in [0.1, 0.15) is 12.2 Å². The van der Waals surface area contributed by atoms with Crippen molar-refractivity contribution in [1.29, 1.82) is 0 Å². The quantitative estimate of drug-likeness (QED) is 0.250. The molecule has 7 nitrogen and oxygen atoms in total. The fourth-order valence-corrected chi connectivity index (χ4v) is 0.979. The number of aldehydes is 1. The van der Waals surface area contributed by atoms with Gasteiger partial charge >= 0.3 is 0 Å². The van der Waals surface area contributed by atoms with Crippen LogP contribution in [0, 0.1) is 0 Å². The van der Waals surface area contributed by atoms with Crippen LogP contribution in [0.1, 0.15) is 13.8 Å². The zero-order valence-electron chi connectivity index (χ0n) is 8.41. The Morgan fingerprint density at radius 2 is 1.87 bits per heavy atom. The molecule has 7 heteroatoms. The van der Waals surface area contributed by atoms with E-state index in [0.29, 0.717) is 0 Å². The van der Waals surface area contributed by atoms with Gasteiger partial charge in [0.25, 0.3) is 0 Å². The number of rotatable bonds is 5. The van der Waals surface area contributed by atoms with Gasteiger partial charge in [-0.1, -0.05) is 0 Å². The Hall–Kier alpha value is -1.02. The molecule has 0 saturated carbocycles. The van der Waals surface area contributed by atoms with Gasteiger partial charge in [0, 0.05) is 6.92 Å². The molecule has 1 amide bonds. The molecule has 0 rings (SSSR count). The summed E-state index contributed by atoms with van der Waals surface area (Å²) in [4.78, 5) is 21.1. The minimum Gasteiger partial charge on any atom is -0.391 e. The molecule has 0 aromatic carbocycles. The second-order valence-corrected chi connectivity index (χ2v) is 3.30. The van der Waals surface area contributed by atoms with Crippen molar-refractivity contribution in [2.45, 2.75) is 37.9 Å².